The number of methoxy groups -OCH3 is 1. The predicted octanol–water partition coefficient (Wildman–Crippen LogP) is -0.443. The fourth-order valence-electron chi connectivity index (χ4n) is 0.754. The molecule has 0 bridgehead atoms. The van der Waals surface area contributed by atoms with E-state index in [4.69, 9.17) is 4.74 Å². The van der Waals surface area contributed by atoms with E-state index in [0.29, 0.717) is 13.2 Å². The normalized spacial score (nSPS) is 13.6. The third kappa shape index (κ3) is 8.46. The largest absolute Gasteiger partial charge is 0.383 e. The first-order valence-corrected chi connectivity index (χ1v) is 6.90. The van der Waals surface area contributed by atoms with Gasteiger partial charge in [0.25, 0.3) is 0 Å². The maximum atomic E-state index is 11.0. The van der Waals surface area contributed by atoms with Gasteiger partial charge in [-0.15, -0.1) is 0 Å². The zero-order valence-electron chi connectivity index (χ0n) is 8.12. The Morgan fingerprint density at radius 3 is 2.57 bits per heavy atom. The van der Waals surface area contributed by atoms with E-state index in [1.54, 1.807) is 7.11 Å². The number of rotatable bonds is 6. The van der Waals surface area contributed by atoms with Gasteiger partial charge in [0.15, 0.2) is 9.84 Å². The van der Waals surface area contributed by atoms with Crippen LogP contribution < -0.4 is 5.32 Å². The summed E-state index contributed by atoms with van der Waals surface area (Å²) in [5, 5.41) is 2.48. The van der Waals surface area contributed by atoms with Crippen LogP contribution in [0.4, 0.5) is 0 Å². The highest BCUT2D eigenvalue weighted by Gasteiger charge is 2.11. The third-order valence-electron chi connectivity index (χ3n) is 1.26. The lowest BCUT2D eigenvalue weighted by Crippen LogP contribution is -2.35. The van der Waals surface area contributed by atoms with E-state index in [-0.39, 0.29) is 4.83 Å². The Morgan fingerprint density at radius 2 is 2.14 bits per heavy atom. The molecule has 0 saturated carbocycles. The van der Waals surface area contributed by atoms with Gasteiger partial charge in [-0.25, -0.2) is 8.42 Å². The molecule has 0 radical (unpaired) electrons. The smallest absolute Gasteiger partial charge is 0.235 e. The fraction of sp³-hybridized carbons (Fsp3) is 0.857. The van der Waals surface area contributed by atoms with Crippen LogP contribution in [0.2, 0.25) is 0 Å². The number of halogens is 1. The molecule has 1 N–H and O–H groups in total. The van der Waals surface area contributed by atoms with Gasteiger partial charge < -0.3 is 10.1 Å². The molecule has 0 aromatic rings. The first-order chi connectivity index (χ1) is 6.35. The lowest BCUT2D eigenvalue weighted by atomic mass is 10.4. The van der Waals surface area contributed by atoms with Gasteiger partial charge in [-0.05, 0) is 0 Å². The average molecular weight is 288 g/mol. The molecule has 0 spiro atoms. The van der Waals surface area contributed by atoms with Crippen molar-refractivity contribution < 1.29 is 17.9 Å². The minimum Gasteiger partial charge on any atom is -0.383 e. The second kappa shape index (κ2) is 6.36. The Kier molecular flexibility index (Phi) is 6.30. The first kappa shape index (κ1) is 13.9. The molecule has 0 heterocycles. The number of sulfone groups is 1. The van der Waals surface area contributed by atoms with Crippen LogP contribution in [-0.4, -0.2) is 51.4 Å². The zero-order chi connectivity index (χ0) is 11.2. The van der Waals surface area contributed by atoms with Gasteiger partial charge in [-0.1, -0.05) is 15.9 Å². The molecular weight excluding hydrogens is 274 g/mol. The van der Waals surface area contributed by atoms with Gasteiger partial charge in [-0.3, -0.25) is 4.79 Å². The van der Waals surface area contributed by atoms with Crippen molar-refractivity contribution in [1.29, 1.82) is 0 Å². The maximum absolute atomic E-state index is 11.0. The topological polar surface area (TPSA) is 72.5 Å². The van der Waals surface area contributed by atoms with Crippen molar-refractivity contribution in [3.8, 4) is 0 Å². The van der Waals surface area contributed by atoms with Crippen molar-refractivity contribution in [3.05, 3.63) is 0 Å². The molecule has 0 aliphatic heterocycles. The number of hydrogen-bond acceptors (Lipinski definition) is 4. The number of carbonyl (C=O) groups is 1. The Balaban J connectivity index is 3.75. The molecule has 5 nitrogen and oxygen atoms in total. The van der Waals surface area contributed by atoms with E-state index in [1.165, 1.54) is 0 Å². The van der Waals surface area contributed by atoms with Crippen molar-refractivity contribution in [2.45, 2.75) is 4.83 Å². The number of alkyl halides is 1. The van der Waals surface area contributed by atoms with Crippen LogP contribution in [0.1, 0.15) is 0 Å². The summed E-state index contributed by atoms with van der Waals surface area (Å²) in [6.45, 7) is 0.807. The van der Waals surface area contributed by atoms with Crippen molar-refractivity contribution in [2.75, 3.05) is 32.3 Å². The Hall–Kier alpha value is -0.140. The minimum absolute atomic E-state index is 0.00369. The molecule has 0 aliphatic rings. The molecule has 84 valence electrons. The molecular formula is C7H14BrNO4S. The molecule has 0 aromatic heterocycles. The number of carbonyl (C=O) groups excluding carboxylic acids is 1. The van der Waals surface area contributed by atoms with Gasteiger partial charge >= 0.3 is 0 Å². The van der Waals surface area contributed by atoms with E-state index in [0.717, 1.165) is 6.26 Å². The highest BCUT2D eigenvalue weighted by atomic mass is 79.9. The SMILES string of the molecule is COCC(Br)CNC(=O)CS(C)(=O)=O. The zero-order valence-corrected chi connectivity index (χ0v) is 10.5. The Bertz CT molecular complexity index is 277. The standard InChI is InChI=1S/C7H14BrNO4S/c1-13-4-6(8)3-9-7(10)5-14(2,11)12/h6H,3-5H2,1-2H3,(H,9,10). The molecule has 0 fully saturated rings. The number of hydrogen-bond donors (Lipinski definition) is 1. The predicted molar refractivity (Wildman–Crippen MR) is 57.3 cm³/mol. The number of nitrogens with one attached hydrogen (secondary N) is 1. The van der Waals surface area contributed by atoms with Crippen molar-refractivity contribution in [3.63, 3.8) is 0 Å². The molecule has 0 saturated heterocycles. The Morgan fingerprint density at radius 1 is 1.57 bits per heavy atom. The molecule has 0 rings (SSSR count). The monoisotopic (exact) mass is 287 g/mol. The summed E-state index contributed by atoms with van der Waals surface area (Å²) in [7, 11) is -1.69. The van der Waals surface area contributed by atoms with Crippen molar-refractivity contribution in [2.24, 2.45) is 0 Å². The van der Waals surface area contributed by atoms with Gasteiger partial charge in [-0.2, -0.15) is 0 Å². The van der Waals surface area contributed by atoms with Crippen LogP contribution in [0.3, 0.4) is 0 Å². The van der Waals surface area contributed by atoms with E-state index in [9.17, 15) is 13.2 Å². The molecule has 1 amide bonds. The number of amides is 1. The van der Waals surface area contributed by atoms with E-state index >= 15 is 0 Å². The summed E-state index contributed by atoms with van der Waals surface area (Å²) in [4.78, 5) is 11.0. The third-order valence-corrected chi connectivity index (χ3v) is 2.64. The minimum atomic E-state index is -3.24. The lowest BCUT2D eigenvalue weighted by Gasteiger charge is -2.09. The van der Waals surface area contributed by atoms with Gasteiger partial charge in [0.1, 0.15) is 5.75 Å². The summed E-state index contributed by atoms with van der Waals surface area (Å²) in [6.07, 6.45) is 1.02. The molecule has 1 atom stereocenters. The van der Waals surface area contributed by atoms with Gasteiger partial charge in [0.05, 0.1) is 11.4 Å². The van der Waals surface area contributed by atoms with Gasteiger partial charge in [0.2, 0.25) is 5.91 Å². The summed E-state index contributed by atoms with van der Waals surface area (Å²) in [5.74, 6) is -0.965. The van der Waals surface area contributed by atoms with Gasteiger partial charge in [0, 0.05) is 19.9 Å². The van der Waals surface area contributed by atoms with Crippen LogP contribution in [0.25, 0.3) is 0 Å². The summed E-state index contributed by atoms with van der Waals surface area (Å²) >= 11 is 3.26. The molecule has 0 aromatic carbocycles. The van der Waals surface area contributed by atoms with Crippen LogP contribution >= 0.6 is 15.9 Å². The van der Waals surface area contributed by atoms with Crippen molar-refractivity contribution >= 4 is 31.7 Å². The van der Waals surface area contributed by atoms with E-state index in [2.05, 4.69) is 21.2 Å². The fourth-order valence-corrected chi connectivity index (χ4v) is 1.76. The van der Waals surface area contributed by atoms with E-state index < -0.39 is 21.5 Å². The summed E-state index contributed by atoms with van der Waals surface area (Å²) in [6, 6.07) is 0. The molecule has 1 unspecified atom stereocenters. The second-order valence-corrected chi connectivity index (χ2v) is 6.36. The average Bonchev–Trinajstić information content (AvgIpc) is 1.98. The molecule has 0 aliphatic carbocycles. The van der Waals surface area contributed by atoms with Crippen LogP contribution in [0, 0.1) is 0 Å². The summed E-state index contributed by atoms with van der Waals surface area (Å²) < 4.78 is 26.3. The maximum Gasteiger partial charge on any atom is 0.235 e. The number of ether oxygens (including phenoxy) is 1. The first-order valence-electron chi connectivity index (χ1n) is 3.92. The Labute approximate surface area is 92.2 Å². The second-order valence-electron chi connectivity index (χ2n) is 2.93. The van der Waals surface area contributed by atoms with Crippen LogP contribution in [0.5, 0.6) is 0 Å². The molecule has 7 heteroatoms. The van der Waals surface area contributed by atoms with E-state index in [1.807, 2.05) is 0 Å². The quantitative estimate of drug-likeness (QED) is 0.672. The summed E-state index contributed by atoms with van der Waals surface area (Å²) in [5.41, 5.74) is 0. The molecule has 14 heavy (non-hydrogen) atoms. The highest BCUT2D eigenvalue weighted by Crippen LogP contribution is 1.97. The van der Waals surface area contributed by atoms with Crippen LogP contribution in [-0.2, 0) is 19.4 Å². The lowest BCUT2D eigenvalue weighted by molar-refractivity contribution is -0.118. The van der Waals surface area contributed by atoms with Crippen LogP contribution in [0.15, 0.2) is 0 Å². The van der Waals surface area contributed by atoms with Crippen molar-refractivity contribution in [1.82, 2.24) is 5.32 Å². The highest BCUT2D eigenvalue weighted by molar-refractivity contribution is 9.09.